The Hall–Kier alpha value is -0.200. The molecule has 5 heteroatoms. The van der Waals surface area contributed by atoms with E-state index in [2.05, 4.69) is 6.92 Å². The second kappa shape index (κ2) is 14.2. The van der Waals surface area contributed by atoms with Crippen molar-refractivity contribution in [3.63, 3.8) is 0 Å². The zero-order valence-corrected chi connectivity index (χ0v) is 15.8. The molecule has 0 saturated carbocycles. The van der Waals surface area contributed by atoms with Gasteiger partial charge in [0.15, 0.2) is 0 Å². The monoisotopic (exact) mass is 332 g/mol. The van der Waals surface area contributed by atoms with Crippen molar-refractivity contribution in [3.05, 3.63) is 0 Å². The summed E-state index contributed by atoms with van der Waals surface area (Å²) in [4.78, 5) is 0. The van der Waals surface area contributed by atoms with E-state index in [0.29, 0.717) is 6.54 Å². The van der Waals surface area contributed by atoms with E-state index in [1.807, 2.05) is 0 Å². The quantitative estimate of drug-likeness (QED) is 0.335. The average molecular weight is 333 g/mol. The first-order chi connectivity index (χ1) is 11.1. The fourth-order valence-corrected chi connectivity index (χ4v) is 3.52. The number of unbranched alkanes of at least 4 members (excludes halogenated alkanes) is 1. The van der Waals surface area contributed by atoms with Gasteiger partial charge >= 0.3 is 0 Å². The van der Waals surface area contributed by atoms with Crippen LogP contribution in [0.25, 0.3) is 0 Å². The lowest BCUT2D eigenvalue weighted by Crippen LogP contribution is -2.44. The number of methoxy groups -OCH3 is 3. The molecule has 0 amide bonds. The molecule has 0 spiro atoms. The molecule has 23 heavy (non-hydrogen) atoms. The Kier molecular flexibility index (Phi) is 14.0. The van der Waals surface area contributed by atoms with Crippen LogP contribution in [0.2, 0.25) is 0 Å². The fourth-order valence-electron chi connectivity index (χ4n) is 3.52. The van der Waals surface area contributed by atoms with Crippen LogP contribution in [0.4, 0.5) is 0 Å². The summed E-state index contributed by atoms with van der Waals surface area (Å²) >= 11 is 0. The topological polar surface area (TPSA) is 79.7 Å². The summed E-state index contributed by atoms with van der Waals surface area (Å²) in [7, 11) is 4.88. The first kappa shape index (κ1) is 22.8. The van der Waals surface area contributed by atoms with E-state index in [0.717, 1.165) is 38.1 Å². The molecular weight excluding hydrogens is 292 g/mol. The van der Waals surface area contributed by atoms with Gasteiger partial charge in [-0.2, -0.15) is 0 Å². The summed E-state index contributed by atoms with van der Waals surface area (Å²) in [6.45, 7) is 3.67. The Morgan fingerprint density at radius 3 is 1.78 bits per heavy atom. The van der Waals surface area contributed by atoms with Gasteiger partial charge in [0.1, 0.15) is 0 Å². The van der Waals surface area contributed by atoms with E-state index >= 15 is 0 Å². The van der Waals surface area contributed by atoms with Crippen LogP contribution in [0, 0.1) is 11.8 Å². The van der Waals surface area contributed by atoms with E-state index in [9.17, 15) is 0 Å². The molecule has 0 aromatic heterocycles. The van der Waals surface area contributed by atoms with Gasteiger partial charge in [-0.25, -0.2) is 0 Å². The smallest absolute Gasteiger partial charge is 0.285 e. The SMILES string of the molecule is CCCC(CCCN)CCCCC(CCN)C(OC)(OC)OC. The van der Waals surface area contributed by atoms with E-state index in [1.54, 1.807) is 21.3 Å². The molecule has 0 saturated heterocycles. The molecule has 0 bridgehead atoms. The summed E-state index contributed by atoms with van der Waals surface area (Å²) in [6, 6.07) is 0. The van der Waals surface area contributed by atoms with Crippen LogP contribution in [-0.4, -0.2) is 40.4 Å². The molecule has 0 radical (unpaired) electrons. The van der Waals surface area contributed by atoms with Crippen molar-refractivity contribution in [1.82, 2.24) is 0 Å². The Labute approximate surface area is 143 Å². The normalized spacial score (nSPS) is 14.9. The van der Waals surface area contributed by atoms with Gasteiger partial charge in [0.2, 0.25) is 0 Å². The van der Waals surface area contributed by atoms with E-state index in [4.69, 9.17) is 25.7 Å². The molecule has 140 valence electrons. The second-order valence-electron chi connectivity index (χ2n) is 6.36. The zero-order valence-electron chi connectivity index (χ0n) is 15.8. The van der Waals surface area contributed by atoms with Crippen molar-refractivity contribution in [2.45, 2.75) is 70.7 Å². The van der Waals surface area contributed by atoms with Gasteiger partial charge < -0.3 is 25.7 Å². The first-order valence-corrected chi connectivity index (χ1v) is 9.19. The van der Waals surface area contributed by atoms with Crippen LogP contribution in [0.3, 0.4) is 0 Å². The van der Waals surface area contributed by atoms with Gasteiger partial charge in [-0.1, -0.05) is 39.0 Å². The minimum Gasteiger partial charge on any atom is -0.331 e. The molecule has 0 aliphatic rings. The third kappa shape index (κ3) is 8.45. The minimum atomic E-state index is -0.970. The van der Waals surface area contributed by atoms with Gasteiger partial charge in [-0.3, -0.25) is 0 Å². The van der Waals surface area contributed by atoms with Gasteiger partial charge in [0, 0.05) is 27.2 Å². The summed E-state index contributed by atoms with van der Waals surface area (Å²) in [5.41, 5.74) is 11.4. The van der Waals surface area contributed by atoms with Crippen LogP contribution in [0.5, 0.6) is 0 Å². The molecule has 0 rings (SSSR count). The third-order valence-corrected chi connectivity index (χ3v) is 4.80. The predicted octanol–water partition coefficient (Wildman–Crippen LogP) is 3.26. The predicted molar refractivity (Wildman–Crippen MR) is 96.1 cm³/mol. The van der Waals surface area contributed by atoms with Crippen molar-refractivity contribution in [1.29, 1.82) is 0 Å². The second-order valence-corrected chi connectivity index (χ2v) is 6.36. The van der Waals surface area contributed by atoms with E-state index in [-0.39, 0.29) is 5.92 Å². The summed E-state index contributed by atoms with van der Waals surface area (Å²) in [5.74, 6) is -0.00317. The summed E-state index contributed by atoms with van der Waals surface area (Å²) in [6.07, 6.45) is 10.5. The highest BCUT2D eigenvalue weighted by Crippen LogP contribution is 2.31. The van der Waals surface area contributed by atoms with Gasteiger partial charge in [-0.15, -0.1) is 0 Å². The fraction of sp³-hybridized carbons (Fsp3) is 1.00. The standard InChI is InChI=1S/C18H40N2O3/c1-5-9-16(11-8-14-19)10-6-7-12-17(13-15-20)18(21-2,22-3)23-4/h16-17H,5-15,19-20H2,1-4H3. The van der Waals surface area contributed by atoms with E-state index in [1.165, 1.54) is 32.1 Å². The van der Waals surface area contributed by atoms with Crippen LogP contribution >= 0.6 is 0 Å². The largest absolute Gasteiger partial charge is 0.331 e. The van der Waals surface area contributed by atoms with Crippen LogP contribution < -0.4 is 11.5 Å². The molecule has 2 atom stereocenters. The van der Waals surface area contributed by atoms with Crippen LogP contribution in [0.1, 0.15) is 64.7 Å². The average Bonchev–Trinajstić information content (AvgIpc) is 2.58. The highest BCUT2D eigenvalue weighted by molar-refractivity contribution is 4.72. The number of ether oxygens (including phenoxy) is 3. The van der Waals surface area contributed by atoms with Crippen molar-refractivity contribution in [2.24, 2.45) is 23.3 Å². The van der Waals surface area contributed by atoms with Gasteiger partial charge in [0.25, 0.3) is 5.97 Å². The maximum Gasteiger partial charge on any atom is 0.285 e. The Morgan fingerprint density at radius 1 is 0.739 bits per heavy atom. The van der Waals surface area contributed by atoms with Crippen molar-refractivity contribution in [2.75, 3.05) is 34.4 Å². The molecule has 0 aliphatic heterocycles. The summed E-state index contributed by atoms with van der Waals surface area (Å²) in [5, 5.41) is 0. The number of rotatable bonds is 16. The zero-order chi connectivity index (χ0) is 17.6. The van der Waals surface area contributed by atoms with Crippen molar-refractivity contribution in [3.8, 4) is 0 Å². The lowest BCUT2D eigenvalue weighted by molar-refractivity contribution is -0.380. The number of hydrogen-bond acceptors (Lipinski definition) is 5. The van der Waals surface area contributed by atoms with Crippen LogP contribution in [-0.2, 0) is 14.2 Å². The number of hydrogen-bond donors (Lipinski definition) is 2. The Bertz CT molecular complexity index is 252. The highest BCUT2D eigenvalue weighted by atomic mass is 16.9. The molecule has 0 aromatic carbocycles. The molecule has 2 unspecified atom stereocenters. The van der Waals surface area contributed by atoms with Crippen molar-refractivity contribution < 1.29 is 14.2 Å². The van der Waals surface area contributed by atoms with Crippen molar-refractivity contribution >= 4 is 0 Å². The van der Waals surface area contributed by atoms with Gasteiger partial charge in [-0.05, 0) is 44.7 Å². The molecule has 4 N–H and O–H groups in total. The molecule has 0 fully saturated rings. The highest BCUT2D eigenvalue weighted by Gasteiger charge is 2.39. The minimum absolute atomic E-state index is 0.154. The molecule has 5 nitrogen and oxygen atoms in total. The lowest BCUT2D eigenvalue weighted by Gasteiger charge is -2.36. The van der Waals surface area contributed by atoms with E-state index < -0.39 is 5.97 Å². The lowest BCUT2D eigenvalue weighted by atomic mass is 9.89. The molecule has 0 aliphatic carbocycles. The molecule has 0 heterocycles. The summed E-state index contributed by atoms with van der Waals surface area (Å²) < 4.78 is 16.5. The Morgan fingerprint density at radius 2 is 1.30 bits per heavy atom. The first-order valence-electron chi connectivity index (χ1n) is 9.19. The number of nitrogens with two attached hydrogens (primary N) is 2. The van der Waals surface area contributed by atoms with Crippen LogP contribution in [0.15, 0.2) is 0 Å². The van der Waals surface area contributed by atoms with Gasteiger partial charge in [0.05, 0.1) is 0 Å². The maximum atomic E-state index is 5.76. The third-order valence-electron chi connectivity index (χ3n) is 4.80. The maximum absolute atomic E-state index is 5.76. The molecule has 0 aromatic rings. The molecular formula is C18H40N2O3. The Balaban J connectivity index is 4.35.